The normalized spacial score (nSPS) is 12.1. The molecule has 0 radical (unpaired) electrons. The van der Waals surface area contributed by atoms with Gasteiger partial charge >= 0.3 is 0 Å². The molecule has 0 fully saturated rings. The van der Waals surface area contributed by atoms with E-state index in [2.05, 4.69) is 15.6 Å². The van der Waals surface area contributed by atoms with Crippen molar-refractivity contribution in [2.24, 2.45) is 4.99 Å². The highest BCUT2D eigenvalue weighted by Gasteiger charge is 2.09. The number of amides is 1. The van der Waals surface area contributed by atoms with Crippen LogP contribution in [0.15, 0.2) is 29.3 Å². The van der Waals surface area contributed by atoms with E-state index < -0.39 is 0 Å². The quantitative estimate of drug-likeness (QED) is 0.382. The Morgan fingerprint density at radius 2 is 1.96 bits per heavy atom. The summed E-state index contributed by atoms with van der Waals surface area (Å²) in [5, 5.41) is 6.09. The Hall–Kier alpha value is -1.38. The summed E-state index contributed by atoms with van der Waals surface area (Å²) < 4.78 is 12.9. The SMILES string of the molecule is CCC(C)NC(=O)CCNC(=NC)N(C)Cc1ccc(F)cc1.I. The van der Waals surface area contributed by atoms with Crippen molar-refractivity contribution in [1.82, 2.24) is 15.5 Å². The zero-order valence-electron chi connectivity index (χ0n) is 14.8. The third-order valence-electron chi connectivity index (χ3n) is 3.56. The number of carbonyl (C=O) groups excluding carboxylic acids is 1. The average molecular weight is 450 g/mol. The lowest BCUT2D eigenvalue weighted by Crippen LogP contribution is -2.41. The molecule has 7 heteroatoms. The molecule has 1 atom stereocenters. The highest BCUT2D eigenvalue weighted by molar-refractivity contribution is 14.0. The van der Waals surface area contributed by atoms with Crippen LogP contribution in [-0.4, -0.2) is 43.4 Å². The highest BCUT2D eigenvalue weighted by atomic mass is 127. The fourth-order valence-corrected chi connectivity index (χ4v) is 2.06. The van der Waals surface area contributed by atoms with Gasteiger partial charge in [0.25, 0.3) is 0 Å². The van der Waals surface area contributed by atoms with Gasteiger partial charge in [0.15, 0.2) is 5.96 Å². The Kier molecular flexibility index (Phi) is 11.4. The second-order valence-electron chi connectivity index (χ2n) is 5.58. The Bertz CT molecular complexity index is 522. The molecular weight excluding hydrogens is 422 g/mol. The van der Waals surface area contributed by atoms with Crippen molar-refractivity contribution in [1.29, 1.82) is 0 Å². The lowest BCUT2D eigenvalue weighted by Gasteiger charge is -2.22. The maximum Gasteiger partial charge on any atom is 0.221 e. The molecule has 5 nitrogen and oxygen atoms in total. The van der Waals surface area contributed by atoms with Gasteiger partial charge in [-0.1, -0.05) is 19.1 Å². The maximum atomic E-state index is 12.9. The van der Waals surface area contributed by atoms with E-state index in [1.165, 1.54) is 12.1 Å². The third kappa shape index (κ3) is 8.47. The van der Waals surface area contributed by atoms with E-state index >= 15 is 0 Å². The smallest absolute Gasteiger partial charge is 0.221 e. The number of guanidine groups is 1. The van der Waals surface area contributed by atoms with E-state index in [0.29, 0.717) is 25.5 Å². The number of nitrogens with zero attached hydrogens (tertiary/aromatic N) is 2. The van der Waals surface area contributed by atoms with E-state index in [1.807, 2.05) is 25.8 Å². The van der Waals surface area contributed by atoms with Crippen molar-refractivity contribution in [2.45, 2.75) is 39.3 Å². The minimum absolute atomic E-state index is 0. The van der Waals surface area contributed by atoms with Crippen LogP contribution >= 0.6 is 24.0 Å². The molecule has 0 saturated heterocycles. The summed E-state index contributed by atoms with van der Waals surface area (Å²) >= 11 is 0. The molecule has 0 bridgehead atoms. The second-order valence-corrected chi connectivity index (χ2v) is 5.58. The van der Waals surface area contributed by atoms with Crippen LogP contribution in [0.4, 0.5) is 4.39 Å². The molecule has 1 rings (SSSR count). The van der Waals surface area contributed by atoms with Gasteiger partial charge in [-0.2, -0.15) is 0 Å². The highest BCUT2D eigenvalue weighted by Crippen LogP contribution is 2.05. The van der Waals surface area contributed by atoms with E-state index in [0.717, 1.165) is 12.0 Å². The molecule has 0 heterocycles. The van der Waals surface area contributed by atoms with Gasteiger partial charge in [0.1, 0.15) is 5.82 Å². The van der Waals surface area contributed by atoms with Gasteiger partial charge in [0, 0.05) is 39.6 Å². The molecule has 1 amide bonds. The monoisotopic (exact) mass is 450 g/mol. The van der Waals surface area contributed by atoms with Crippen LogP contribution in [0.25, 0.3) is 0 Å². The minimum atomic E-state index is -0.244. The molecule has 0 aliphatic heterocycles. The van der Waals surface area contributed by atoms with Gasteiger partial charge in [-0.25, -0.2) is 4.39 Å². The molecule has 0 saturated carbocycles. The number of hydrogen-bond acceptors (Lipinski definition) is 2. The van der Waals surface area contributed by atoms with E-state index in [4.69, 9.17) is 0 Å². The zero-order valence-corrected chi connectivity index (χ0v) is 17.1. The largest absolute Gasteiger partial charge is 0.356 e. The van der Waals surface area contributed by atoms with Crippen LogP contribution in [0, 0.1) is 5.82 Å². The fourth-order valence-electron chi connectivity index (χ4n) is 2.06. The summed E-state index contributed by atoms with van der Waals surface area (Å²) in [5.74, 6) is 0.486. The van der Waals surface area contributed by atoms with E-state index in [-0.39, 0.29) is 41.7 Å². The van der Waals surface area contributed by atoms with Gasteiger partial charge < -0.3 is 15.5 Å². The molecule has 136 valence electrons. The third-order valence-corrected chi connectivity index (χ3v) is 3.56. The first-order chi connectivity index (χ1) is 11.0. The predicted octanol–water partition coefficient (Wildman–Crippen LogP) is 2.76. The van der Waals surface area contributed by atoms with Crippen LogP contribution in [0.3, 0.4) is 0 Å². The lowest BCUT2D eigenvalue weighted by atomic mass is 10.2. The molecule has 0 aromatic heterocycles. The first-order valence-corrected chi connectivity index (χ1v) is 7.91. The fraction of sp³-hybridized carbons (Fsp3) is 0.529. The standard InChI is InChI=1S/C17H27FN4O.HI/c1-5-13(2)21-16(23)10-11-20-17(19-3)22(4)12-14-6-8-15(18)9-7-14;/h6-9,13H,5,10-12H2,1-4H3,(H,19,20)(H,21,23);1H. The molecule has 1 aromatic rings. The number of hydrogen-bond donors (Lipinski definition) is 2. The van der Waals surface area contributed by atoms with Gasteiger partial charge in [0.2, 0.25) is 5.91 Å². The number of halogens is 2. The summed E-state index contributed by atoms with van der Waals surface area (Å²) in [7, 11) is 3.60. The Morgan fingerprint density at radius 3 is 2.50 bits per heavy atom. The van der Waals surface area contributed by atoms with Crippen molar-refractivity contribution in [2.75, 3.05) is 20.6 Å². The molecule has 2 N–H and O–H groups in total. The van der Waals surface area contributed by atoms with Crippen LogP contribution in [0.1, 0.15) is 32.3 Å². The summed E-state index contributed by atoms with van der Waals surface area (Å²) in [4.78, 5) is 17.9. The van der Waals surface area contributed by atoms with Gasteiger partial charge in [-0.15, -0.1) is 24.0 Å². The first kappa shape index (κ1) is 22.6. The van der Waals surface area contributed by atoms with Crippen LogP contribution in [0.2, 0.25) is 0 Å². The molecule has 0 aliphatic carbocycles. The topological polar surface area (TPSA) is 56.7 Å². The van der Waals surface area contributed by atoms with E-state index in [1.54, 1.807) is 19.2 Å². The number of benzene rings is 1. The molecule has 0 spiro atoms. The summed E-state index contributed by atoms with van der Waals surface area (Å²) in [6.07, 6.45) is 1.31. The van der Waals surface area contributed by atoms with Crippen molar-refractivity contribution < 1.29 is 9.18 Å². The number of aliphatic imine (C=N–C) groups is 1. The number of rotatable bonds is 7. The second kappa shape index (κ2) is 12.0. The Balaban J connectivity index is 0.00000529. The minimum Gasteiger partial charge on any atom is -0.356 e. The van der Waals surface area contributed by atoms with Gasteiger partial charge in [-0.05, 0) is 31.0 Å². The van der Waals surface area contributed by atoms with Crippen molar-refractivity contribution in [3.8, 4) is 0 Å². The van der Waals surface area contributed by atoms with Crippen molar-refractivity contribution >= 4 is 35.8 Å². The number of nitrogens with one attached hydrogen (secondary N) is 2. The Labute approximate surface area is 161 Å². The predicted molar refractivity (Wildman–Crippen MR) is 107 cm³/mol. The number of carbonyl (C=O) groups is 1. The van der Waals surface area contributed by atoms with Crippen LogP contribution in [-0.2, 0) is 11.3 Å². The maximum absolute atomic E-state index is 12.9. The van der Waals surface area contributed by atoms with Crippen LogP contribution in [0.5, 0.6) is 0 Å². The first-order valence-electron chi connectivity index (χ1n) is 7.91. The van der Waals surface area contributed by atoms with E-state index in [9.17, 15) is 9.18 Å². The summed E-state index contributed by atoms with van der Waals surface area (Å²) in [6, 6.07) is 6.58. The van der Waals surface area contributed by atoms with Gasteiger partial charge in [0.05, 0.1) is 0 Å². The van der Waals surface area contributed by atoms with Gasteiger partial charge in [-0.3, -0.25) is 9.79 Å². The molecule has 24 heavy (non-hydrogen) atoms. The average Bonchev–Trinajstić information content (AvgIpc) is 2.53. The molecule has 0 aliphatic rings. The zero-order chi connectivity index (χ0) is 17.2. The summed E-state index contributed by atoms with van der Waals surface area (Å²) in [6.45, 7) is 5.15. The van der Waals surface area contributed by atoms with Crippen LogP contribution < -0.4 is 10.6 Å². The molecular formula is C17H28FIN4O. The molecule has 1 unspecified atom stereocenters. The summed E-state index contributed by atoms with van der Waals surface area (Å²) in [5.41, 5.74) is 0.992. The molecule has 1 aromatic carbocycles. The Morgan fingerprint density at radius 1 is 1.33 bits per heavy atom. The van der Waals surface area contributed by atoms with Crippen molar-refractivity contribution in [3.05, 3.63) is 35.6 Å². The van der Waals surface area contributed by atoms with Crippen molar-refractivity contribution in [3.63, 3.8) is 0 Å². The lowest BCUT2D eigenvalue weighted by molar-refractivity contribution is -0.121.